The molecule has 0 atom stereocenters. The number of hydrogen-bond acceptors (Lipinski definition) is 2. The topological polar surface area (TPSA) is 55.1 Å². The van der Waals surface area contributed by atoms with Crippen molar-refractivity contribution in [1.82, 2.24) is 9.55 Å². The van der Waals surface area contributed by atoms with Crippen molar-refractivity contribution < 1.29 is 14.3 Å². The van der Waals surface area contributed by atoms with Crippen LogP contribution in [0.25, 0.3) is 22.4 Å². The zero-order chi connectivity index (χ0) is 16.6. The Morgan fingerprint density at radius 2 is 2.00 bits per heavy atom. The van der Waals surface area contributed by atoms with Crippen LogP contribution in [0, 0.1) is 5.82 Å². The summed E-state index contributed by atoms with van der Waals surface area (Å²) in [6.45, 7) is 4.02. The van der Waals surface area contributed by atoms with Crippen molar-refractivity contribution in [2.45, 2.75) is 26.3 Å². The standard InChI is InChI=1S/C18H17FN2O2/c1-11(2)21-16-8-7-12(10-17(22)23)9-15(16)20-18(21)13-5-3-4-6-14(13)19/h3-9,11H,10H2,1-2H3,(H,22,23). The van der Waals surface area contributed by atoms with Gasteiger partial charge in [-0.05, 0) is 43.7 Å². The molecule has 0 amide bonds. The van der Waals surface area contributed by atoms with Gasteiger partial charge in [0.1, 0.15) is 11.6 Å². The van der Waals surface area contributed by atoms with Crippen LogP contribution < -0.4 is 0 Å². The van der Waals surface area contributed by atoms with Gasteiger partial charge in [-0.3, -0.25) is 4.79 Å². The summed E-state index contributed by atoms with van der Waals surface area (Å²) >= 11 is 0. The summed E-state index contributed by atoms with van der Waals surface area (Å²) in [7, 11) is 0. The molecule has 1 N–H and O–H groups in total. The lowest BCUT2D eigenvalue weighted by Gasteiger charge is -2.13. The second-order valence-corrected chi connectivity index (χ2v) is 5.77. The first-order valence-electron chi connectivity index (χ1n) is 7.45. The minimum absolute atomic E-state index is 0.0560. The van der Waals surface area contributed by atoms with Crippen LogP contribution in [0.4, 0.5) is 4.39 Å². The van der Waals surface area contributed by atoms with E-state index < -0.39 is 5.97 Å². The highest BCUT2D eigenvalue weighted by molar-refractivity contribution is 5.83. The number of carboxylic acid groups (broad SMARTS) is 1. The number of hydrogen-bond donors (Lipinski definition) is 1. The number of halogens is 1. The molecule has 1 aromatic heterocycles. The van der Waals surface area contributed by atoms with E-state index in [1.165, 1.54) is 6.07 Å². The highest BCUT2D eigenvalue weighted by atomic mass is 19.1. The van der Waals surface area contributed by atoms with Crippen LogP contribution in [0.15, 0.2) is 42.5 Å². The Bertz CT molecular complexity index is 884. The van der Waals surface area contributed by atoms with Gasteiger partial charge in [-0.25, -0.2) is 9.37 Å². The van der Waals surface area contributed by atoms with E-state index in [0.717, 1.165) is 5.52 Å². The van der Waals surface area contributed by atoms with Crippen molar-refractivity contribution in [2.75, 3.05) is 0 Å². The number of carbonyl (C=O) groups is 1. The quantitative estimate of drug-likeness (QED) is 0.790. The van der Waals surface area contributed by atoms with E-state index in [0.29, 0.717) is 22.5 Å². The molecule has 23 heavy (non-hydrogen) atoms. The van der Waals surface area contributed by atoms with E-state index in [1.54, 1.807) is 30.3 Å². The van der Waals surface area contributed by atoms with Crippen LogP contribution in [0.3, 0.4) is 0 Å². The summed E-state index contributed by atoms with van der Waals surface area (Å²) in [5.74, 6) is -0.655. The van der Waals surface area contributed by atoms with Crippen LogP contribution >= 0.6 is 0 Å². The van der Waals surface area contributed by atoms with Crippen molar-refractivity contribution >= 4 is 17.0 Å². The molecule has 5 heteroatoms. The molecule has 0 aliphatic heterocycles. The second-order valence-electron chi connectivity index (χ2n) is 5.77. The predicted octanol–water partition coefficient (Wildman–Crippen LogP) is 4.05. The van der Waals surface area contributed by atoms with Crippen LogP contribution in [0.5, 0.6) is 0 Å². The highest BCUT2D eigenvalue weighted by Gasteiger charge is 2.18. The minimum atomic E-state index is -0.887. The molecule has 118 valence electrons. The number of aromatic nitrogens is 2. The third kappa shape index (κ3) is 2.82. The SMILES string of the molecule is CC(C)n1c(-c2ccccc2F)nc2cc(CC(=O)O)ccc21. The van der Waals surface area contributed by atoms with Gasteiger partial charge in [0.2, 0.25) is 0 Å². The zero-order valence-electron chi connectivity index (χ0n) is 13.0. The lowest BCUT2D eigenvalue weighted by atomic mass is 10.1. The molecule has 0 saturated heterocycles. The third-order valence-corrected chi connectivity index (χ3v) is 3.74. The number of benzene rings is 2. The Morgan fingerprint density at radius 3 is 2.65 bits per heavy atom. The molecule has 0 unspecified atom stereocenters. The molecule has 3 aromatic rings. The second kappa shape index (κ2) is 5.83. The molecule has 0 radical (unpaired) electrons. The maximum absolute atomic E-state index is 14.2. The van der Waals surface area contributed by atoms with Gasteiger partial charge < -0.3 is 9.67 Å². The van der Waals surface area contributed by atoms with Gasteiger partial charge in [0.05, 0.1) is 23.0 Å². The summed E-state index contributed by atoms with van der Waals surface area (Å²) < 4.78 is 16.1. The van der Waals surface area contributed by atoms with Crippen LogP contribution in [-0.2, 0) is 11.2 Å². The zero-order valence-corrected chi connectivity index (χ0v) is 13.0. The number of carboxylic acids is 1. The van der Waals surface area contributed by atoms with E-state index in [9.17, 15) is 9.18 Å². The number of imidazole rings is 1. The summed E-state index contributed by atoms with van der Waals surface area (Å²) in [4.78, 5) is 15.4. The van der Waals surface area contributed by atoms with Crippen molar-refractivity contribution in [1.29, 1.82) is 0 Å². The average Bonchev–Trinajstić information content (AvgIpc) is 2.85. The normalized spacial score (nSPS) is 11.3. The fourth-order valence-corrected chi connectivity index (χ4v) is 2.78. The van der Waals surface area contributed by atoms with Gasteiger partial charge in [-0.15, -0.1) is 0 Å². The Kier molecular flexibility index (Phi) is 3.86. The Labute approximate surface area is 133 Å². The Balaban J connectivity index is 2.23. The molecule has 0 bridgehead atoms. The van der Waals surface area contributed by atoms with Crippen molar-refractivity contribution in [3.8, 4) is 11.4 Å². The Morgan fingerprint density at radius 1 is 1.26 bits per heavy atom. The number of fused-ring (bicyclic) bond motifs is 1. The summed E-state index contributed by atoms with van der Waals surface area (Å²) in [5, 5.41) is 8.93. The van der Waals surface area contributed by atoms with Crippen molar-refractivity contribution in [3.63, 3.8) is 0 Å². The molecule has 2 aromatic carbocycles. The first kappa shape index (κ1) is 15.2. The molecular formula is C18H17FN2O2. The van der Waals surface area contributed by atoms with E-state index in [2.05, 4.69) is 4.98 Å². The third-order valence-electron chi connectivity index (χ3n) is 3.74. The van der Waals surface area contributed by atoms with Gasteiger partial charge in [0.15, 0.2) is 0 Å². The van der Waals surface area contributed by atoms with Crippen LogP contribution in [0.2, 0.25) is 0 Å². The lowest BCUT2D eigenvalue weighted by Crippen LogP contribution is -2.04. The molecule has 0 spiro atoms. The molecule has 0 aliphatic carbocycles. The van der Waals surface area contributed by atoms with E-state index in [-0.39, 0.29) is 18.3 Å². The van der Waals surface area contributed by atoms with Crippen molar-refractivity contribution in [2.24, 2.45) is 0 Å². The fourth-order valence-electron chi connectivity index (χ4n) is 2.78. The molecule has 1 heterocycles. The maximum atomic E-state index is 14.2. The van der Waals surface area contributed by atoms with Gasteiger partial charge in [-0.2, -0.15) is 0 Å². The van der Waals surface area contributed by atoms with E-state index >= 15 is 0 Å². The number of nitrogens with zero attached hydrogens (tertiary/aromatic N) is 2. The lowest BCUT2D eigenvalue weighted by molar-refractivity contribution is -0.136. The maximum Gasteiger partial charge on any atom is 0.307 e. The van der Waals surface area contributed by atoms with Crippen LogP contribution in [0.1, 0.15) is 25.5 Å². The molecule has 0 aliphatic rings. The number of rotatable bonds is 4. The van der Waals surface area contributed by atoms with Gasteiger partial charge in [-0.1, -0.05) is 18.2 Å². The summed E-state index contributed by atoms with van der Waals surface area (Å²) in [6.07, 6.45) is -0.0560. The molecular weight excluding hydrogens is 295 g/mol. The van der Waals surface area contributed by atoms with Crippen LogP contribution in [-0.4, -0.2) is 20.6 Å². The fraction of sp³-hybridized carbons (Fsp3) is 0.222. The average molecular weight is 312 g/mol. The van der Waals surface area contributed by atoms with E-state index in [4.69, 9.17) is 5.11 Å². The molecule has 0 saturated carbocycles. The predicted molar refractivity (Wildman–Crippen MR) is 86.9 cm³/mol. The first-order valence-corrected chi connectivity index (χ1v) is 7.45. The van der Waals surface area contributed by atoms with Gasteiger partial charge in [0.25, 0.3) is 0 Å². The van der Waals surface area contributed by atoms with Crippen molar-refractivity contribution in [3.05, 3.63) is 53.8 Å². The molecule has 4 nitrogen and oxygen atoms in total. The number of aliphatic carboxylic acids is 1. The smallest absolute Gasteiger partial charge is 0.307 e. The van der Waals surface area contributed by atoms with Gasteiger partial charge >= 0.3 is 5.97 Å². The Hall–Kier alpha value is -2.69. The summed E-state index contributed by atoms with van der Waals surface area (Å²) in [5.41, 5.74) is 2.67. The molecule has 0 fully saturated rings. The monoisotopic (exact) mass is 312 g/mol. The van der Waals surface area contributed by atoms with E-state index in [1.807, 2.05) is 24.5 Å². The van der Waals surface area contributed by atoms with Gasteiger partial charge in [0, 0.05) is 6.04 Å². The first-order chi connectivity index (χ1) is 11.0. The minimum Gasteiger partial charge on any atom is -0.481 e. The largest absolute Gasteiger partial charge is 0.481 e. The summed E-state index contributed by atoms with van der Waals surface area (Å²) in [6, 6.07) is 12.0. The molecule has 3 rings (SSSR count). The highest BCUT2D eigenvalue weighted by Crippen LogP contribution is 2.30.